The summed E-state index contributed by atoms with van der Waals surface area (Å²) in [5.41, 5.74) is 2.57. The van der Waals surface area contributed by atoms with Crippen LogP contribution in [0.4, 0.5) is 0 Å². The maximum Gasteiger partial charge on any atom is 0.173 e. The Bertz CT molecular complexity index is 822. The Labute approximate surface area is 161 Å². The van der Waals surface area contributed by atoms with Crippen LogP contribution in [-0.2, 0) is 13.0 Å². The lowest BCUT2D eigenvalue weighted by Gasteiger charge is -2.36. The van der Waals surface area contributed by atoms with E-state index in [2.05, 4.69) is 88.0 Å². The number of benzene rings is 2. The molecule has 0 bridgehead atoms. The molecule has 5 nitrogen and oxygen atoms in total. The maximum atomic E-state index is 4.46. The second kappa shape index (κ2) is 8.44. The van der Waals surface area contributed by atoms with E-state index in [0.29, 0.717) is 0 Å². The summed E-state index contributed by atoms with van der Waals surface area (Å²) in [5, 5.41) is 12.8. The van der Waals surface area contributed by atoms with Crippen LogP contribution < -0.4 is 0 Å². The van der Waals surface area contributed by atoms with Crippen LogP contribution in [0.25, 0.3) is 0 Å². The molecule has 0 N–H and O–H groups in total. The SMILES string of the molecule is CC1CCN([C@H](c2ccccc2)c2nnnn2CCc2ccccc2)CC1. The van der Waals surface area contributed by atoms with Gasteiger partial charge in [-0.15, -0.1) is 5.10 Å². The zero-order valence-corrected chi connectivity index (χ0v) is 15.9. The quantitative estimate of drug-likeness (QED) is 0.671. The zero-order chi connectivity index (χ0) is 18.5. The smallest absolute Gasteiger partial charge is 0.173 e. The fraction of sp³-hybridized carbons (Fsp3) is 0.409. The average molecular weight is 361 g/mol. The van der Waals surface area contributed by atoms with Crippen molar-refractivity contribution >= 4 is 0 Å². The van der Waals surface area contributed by atoms with Crippen LogP contribution in [0.3, 0.4) is 0 Å². The lowest BCUT2D eigenvalue weighted by molar-refractivity contribution is 0.150. The first-order valence-electron chi connectivity index (χ1n) is 9.90. The van der Waals surface area contributed by atoms with Crippen molar-refractivity contribution in [2.45, 2.75) is 38.8 Å². The highest BCUT2D eigenvalue weighted by atomic mass is 15.5. The number of tetrazole rings is 1. The van der Waals surface area contributed by atoms with E-state index < -0.39 is 0 Å². The molecule has 27 heavy (non-hydrogen) atoms. The Morgan fingerprint density at radius 2 is 1.63 bits per heavy atom. The molecule has 0 saturated carbocycles. The molecule has 1 aliphatic heterocycles. The van der Waals surface area contributed by atoms with E-state index >= 15 is 0 Å². The Morgan fingerprint density at radius 1 is 0.963 bits per heavy atom. The molecule has 4 rings (SSSR count). The number of hydrogen-bond acceptors (Lipinski definition) is 4. The number of nitrogens with zero attached hydrogens (tertiary/aromatic N) is 5. The Morgan fingerprint density at radius 3 is 2.33 bits per heavy atom. The van der Waals surface area contributed by atoms with Gasteiger partial charge >= 0.3 is 0 Å². The van der Waals surface area contributed by atoms with Crippen molar-refractivity contribution in [1.82, 2.24) is 25.1 Å². The van der Waals surface area contributed by atoms with Crippen LogP contribution in [0.5, 0.6) is 0 Å². The summed E-state index contributed by atoms with van der Waals surface area (Å²) in [6.07, 6.45) is 3.39. The molecule has 1 saturated heterocycles. The minimum atomic E-state index is 0.115. The van der Waals surface area contributed by atoms with E-state index in [1.54, 1.807) is 0 Å². The monoisotopic (exact) mass is 361 g/mol. The lowest BCUT2D eigenvalue weighted by Crippen LogP contribution is -2.38. The van der Waals surface area contributed by atoms with Crippen LogP contribution in [0.2, 0.25) is 0 Å². The standard InChI is InChI=1S/C22H27N5/c1-18-12-15-26(16-13-18)21(20-10-6-3-7-11-20)22-23-24-25-27(22)17-14-19-8-4-2-5-9-19/h2-11,18,21H,12-17H2,1H3/t21-/m1/s1. The highest BCUT2D eigenvalue weighted by molar-refractivity contribution is 5.25. The van der Waals surface area contributed by atoms with E-state index in [1.165, 1.54) is 24.0 Å². The van der Waals surface area contributed by atoms with Crippen molar-refractivity contribution in [3.63, 3.8) is 0 Å². The molecule has 1 aliphatic rings. The van der Waals surface area contributed by atoms with Gasteiger partial charge in [-0.05, 0) is 59.8 Å². The Balaban J connectivity index is 1.60. The molecule has 0 unspecified atom stereocenters. The van der Waals surface area contributed by atoms with E-state index in [9.17, 15) is 0 Å². The molecule has 0 amide bonds. The fourth-order valence-electron chi connectivity index (χ4n) is 3.89. The molecule has 1 fully saturated rings. The minimum Gasteiger partial charge on any atom is -0.290 e. The minimum absolute atomic E-state index is 0.115. The van der Waals surface area contributed by atoms with Gasteiger partial charge < -0.3 is 0 Å². The first kappa shape index (κ1) is 17.9. The number of rotatable bonds is 6. The molecule has 2 heterocycles. The number of aromatic nitrogens is 4. The number of hydrogen-bond donors (Lipinski definition) is 0. The van der Waals surface area contributed by atoms with Crippen LogP contribution in [0.1, 0.15) is 42.8 Å². The van der Waals surface area contributed by atoms with Gasteiger partial charge in [-0.25, -0.2) is 4.68 Å². The number of piperidine rings is 1. The summed E-state index contributed by atoms with van der Waals surface area (Å²) in [5.74, 6) is 1.75. The molecule has 0 aliphatic carbocycles. The normalized spacial score (nSPS) is 17.1. The van der Waals surface area contributed by atoms with Gasteiger partial charge in [-0.2, -0.15) is 0 Å². The summed E-state index contributed by atoms with van der Waals surface area (Å²) >= 11 is 0. The van der Waals surface area contributed by atoms with Crippen LogP contribution in [0, 0.1) is 5.92 Å². The average Bonchev–Trinajstić information content (AvgIpc) is 3.18. The molecule has 1 aromatic heterocycles. The van der Waals surface area contributed by atoms with Crippen LogP contribution in [0.15, 0.2) is 60.7 Å². The molecule has 1 atom stereocenters. The zero-order valence-electron chi connectivity index (χ0n) is 15.9. The predicted octanol–water partition coefficient (Wildman–Crippen LogP) is 3.74. The summed E-state index contributed by atoms with van der Waals surface area (Å²) in [4.78, 5) is 2.54. The number of likely N-dealkylation sites (tertiary alicyclic amines) is 1. The van der Waals surface area contributed by atoms with Gasteiger partial charge in [-0.3, -0.25) is 4.90 Å². The highest BCUT2D eigenvalue weighted by Crippen LogP contribution is 2.31. The largest absolute Gasteiger partial charge is 0.290 e. The molecule has 3 aromatic rings. The third-order valence-corrected chi connectivity index (χ3v) is 5.56. The van der Waals surface area contributed by atoms with E-state index in [-0.39, 0.29) is 6.04 Å². The predicted molar refractivity (Wildman–Crippen MR) is 106 cm³/mol. The first-order chi connectivity index (χ1) is 13.3. The van der Waals surface area contributed by atoms with E-state index in [0.717, 1.165) is 37.8 Å². The lowest BCUT2D eigenvalue weighted by atomic mass is 9.95. The topological polar surface area (TPSA) is 46.8 Å². The van der Waals surface area contributed by atoms with E-state index in [1.807, 2.05) is 4.68 Å². The van der Waals surface area contributed by atoms with Gasteiger partial charge in [0.25, 0.3) is 0 Å². The molecule has 0 radical (unpaired) electrons. The van der Waals surface area contributed by atoms with Crippen LogP contribution in [-0.4, -0.2) is 38.2 Å². The molecular weight excluding hydrogens is 334 g/mol. The van der Waals surface area contributed by atoms with Gasteiger partial charge in [0.2, 0.25) is 0 Å². The molecular formula is C22H27N5. The molecule has 5 heteroatoms. The Hall–Kier alpha value is -2.53. The van der Waals surface area contributed by atoms with Gasteiger partial charge in [0.1, 0.15) is 0 Å². The summed E-state index contributed by atoms with van der Waals surface area (Å²) in [7, 11) is 0. The van der Waals surface area contributed by atoms with Crippen molar-refractivity contribution in [3.8, 4) is 0 Å². The highest BCUT2D eigenvalue weighted by Gasteiger charge is 2.30. The summed E-state index contributed by atoms with van der Waals surface area (Å²) in [6.45, 7) is 5.32. The Kier molecular flexibility index (Phi) is 5.58. The first-order valence-corrected chi connectivity index (χ1v) is 9.90. The maximum absolute atomic E-state index is 4.46. The van der Waals surface area contributed by atoms with Gasteiger partial charge in [0.15, 0.2) is 5.82 Å². The summed E-state index contributed by atoms with van der Waals surface area (Å²) in [6, 6.07) is 21.3. The van der Waals surface area contributed by atoms with Crippen molar-refractivity contribution in [1.29, 1.82) is 0 Å². The van der Waals surface area contributed by atoms with E-state index in [4.69, 9.17) is 0 Å². The molecule has 140 valence electrons. The van der Waals surface area contributed by atoms with Crippen molar-refractivity contribution in [2.24, 2.45) is 5.92 Å². The number of aryl methyl sites for hydroxylation is 2. The third-order valence-electron chi connectivity index (χ3n) is 5.56. The molecule has 0 spiro atoms. The second-order valence-corrected chi connectivity index (χ2v) is 7.53. The van der Waals surface area contributed by atoms with Crippen molar-refractivity contribution in [3.05, 3.63) is 77.6 Å². The van der Waals surface area contributed by atoms with Gasteiger partial charge in [0, 0.05) is 6.54 Å². The van der Waals surface area contributed by atoms with Crippen molar-refractivity contribution < 1.29 is 0 Å². The fourth-order valence-corrected chi connectivity index (χ4v) is 3.89. The molecule has 2 aromatic carbocycles. The van der Waals surface area contributed by atoms with Crippen LogP contribution >= 0.6 is 0 Å². The van der Waals surface area contributed by atoms with Crippen molar-refractivity contribution in [2.75, 3.05) is 13.1 Å². The second-order valence-electron chi connectivity index (χ2n) is 7.53. The summed E-state index contributed by atoms with van der Waals surface area (Å²) < 4.78 is 1.99. The van der Waals surface area contributed by atoms with Gasteiger partial charge in [-0.1, -0.05) is 67.6 Å². The third kappa shape index (κ3) is 4.25. The van der Waals surface area contributed by atoms with Gasteiger partial charge in [0.05, 0.1) is 6.04 Å².